The van der Waals surface area contributed by atoms with E-state index in [-0.39, 0.29) is 0 Å². The fraction of sp³-hybridized carbons (Fsp3) is 0.308. The van der Waals surface area contributed by atoms with Crippen LogP contribution in [-0.4, -0.2) is 31.2 Å². The predicted octanol–water partition coefficient (Wildman–Crippen LogP) is 1.88. The molecule has 0 spiro atoms. The molecule has 1 heterocycles. The van der Waals surface area contributed by atoms with Crippen molar-refractivity contribution in [3.05, 3.63) is 28.0 Å². The molecule has 20 heavy (non-hydrogen) atoms. The standard InChI is InChI=1S/C13H15NO5S/c1-8-6-7-20-10(8)4-5-11(15)19-9(2)12(16)14-13(17)18-3/h4-7,9H,1-3H3,(H,14,16,17)/b5-4+/t9-/m1/s1. The third-order valence-corrected chi connectivity index (χ3v) is 3.33. The van der Waals surface area contributed by atoms with Gasteiger partial charge in [0.25, 0.3) is 5.91 Å². The molecule has 0 unspecified atom stereocenters. The maximum atomic E-state index is 11.5. The molecule has 1 aromatic heterocycles. The molecule has 2 amide bonds. The summed E-state index contributed by atoms with van der Waals surface area (Å²) in [7, 11) is 1.13. The third-order valence-electron chi connectivity index (χ3n) is 2.35. The summed E-state index contributed by atoms with van der Waals surface area (Å²) < 4.78 is 9.12. The molecule has 1 atom stereocenters. The van der Waals surface area contributed by atoms with Crippen LogP contribution in [0.25, 0.3) is 6.08 Å². The van der Waals surface area contributed by atoms with Crippen LogP contribution >= 0.6 is 11.3 Å². The maximum absolute atomic E-state index is 11.5. The van der Waals surface area contributed by atoms with Crippen molar-refractivity contribution in [3.63, 3.8) is 0 Å². The molecule has 108 valence electrons. The third kappa shape index (κ3) is 4.85. The number of rotatable bonds is 4. The second kappa shape index (κ2) is 7.44. The first-order valence-electron chi connectivity index (χ1n) is 5.75. The number of hydrogen-bond donors (Lipinski definition) is 1. The topological polar surface area (TPSA) is 81.7 Å². The summed E-state index contributed by atoms with van der Waals surface area (Å²) in [5, 5.41) is 3.82. The number of imide groups is 1. The Labute approximate surface area is 120 Å². The molecule has 0 saturated carbocycles. The van der Waals surface area contributed by atoms with Gasteiger partial charge in [0.1, 0.15) is 0 Å². The molecule has 0 aliphatic rings. The quantitative estimate of drug-likeness (QED) is 0.678. The van der Waals surface area contributed by atoms with Gasteiger partial charge in [-0.25, -0.2) is 9.59 Å². The molecule has 7 heteroatoms. The number of amides is 2. The molecule has 0 fully saturated rings. The molecule has 1 rings (SSSR count). The molecule has 6 nitrogen and oxygen atoms in total. The number of methoxy groups -OCH3 is 1. The normalized spacial score (nSPS) is 11.9. The van der Waals surface area contributed by atoms with Gasteiger partial charge in [-0.1, -0.05) is 0 Å². The van der Waals surface area contributed by atoms with Gasteiger partial charge >= 0.3 is 12.1 Å². The largest absolute Gasteiger partial charge is 0.453 e. The number of esters is 1. The van der Waals surface area contributed by atoms with E-state index >= 15 is 0 Å². The van der Waals surface area contributed by atoms with Gasteiger partial charge in [0.15, 0.2) is 6.10 Å². The smallest absolute Gasteiger partial charge is 0.413 e. The lowest BCUT2D eigenvalue weighted by atomic mass is 10.3. The zero-order chi connectivity index (χ0) is 15.1. The Balaban J connectivity index is 2.50. The number of alkyl carbamates (subject to hydrolysis) is 1. The second-order valence-electron chi connectivity index (χ2n) is 3.86. The lowest BCUT2D eigenvalue weighted by Crippen LogP contribution is -2.39. The highest BCUT2D eigenvalue weighted by atomic mass is 32.1. The van der Waals surface area contributed by atoms with Crippen LogP contribution in [-0.2, 0) is 19.1 Å². The van der Waals surface area contributed by atoms with Gasteiger partial charge in [0, 0.05) is 11.0 Å². The number of hydrogen-bond acceptors (Lipinski definition) is 6. The van der Waals surface area contributed by atoms with E-state index in [2.05, 4.69) is 4.74 Å². The van der Waals surface area contributed by atoms with Crippen molar-refractivity contribution in [3.8, 4) is 0 Å². The molecular formula is C13H15NO5S. The minimum absolute atomic E-state index is 0.662. The van der Waals surface area contributed by atoms with Gasteiger partial charge in [0.2, 0.25) is 0 Å². The minimum atomic E-state index is -1.09. The van der Waals surface area contributed by atoms with Crippen molar-refractivity contribution in [2.75, 3.05) is 7.11 Å². The molecule has 0 radical (unpaired) electrons. The van der Waals surface area contributed by atoms with Crippen LogP contribution in [0, 0.1) is 6.92 Å². The molecule has 1 aromatic rings. The molecule has 0 saturated heterocycles. The number of ether oxygens (including phenoxy) is 2. The minimum Gasteiger partial charge on any atom is -0.453 e. The Hall–Kier alpha value is -2.15. The zero-order valence-corrected chi connectivity index (χ0v) is 12.2. The van der Waals surface area contributed by atoms with Crippen molar-refractivity contribution in [2.45, 2.75) is 20.0 Å². The highest BCUT2D eigenvalue weighted by molar-refractivity contribution is 7.11. The van der Waals surface area contributed by atoms with E-state index in [0.717, 1.165) is 17.6 Å². The average Bonchev–Trinajstić information content (AvgIpc) is 2.81. The summed E-state index contributed by atoms with van der Waals surface area (Å²) in [6.07, 6.45) is 0.868. The number of carbonyl (C=O) groups is 3. The van der Waals surface area contributed by atoms with E-state index in [1.807, 2.05) is 23.7 Å². The van der Waals surface area contributed by atoms with Crippen molar-refractivity contribution in [1.82, 2.24) is 5.32 Å². The predicted molar refractivity (Wildman–Crippen MR) is 74.2 cm³/mol. The van der Waals surface area contributed by atoms with Gasteiger partial charge in [-0.15, -0.1) is 11.3 Å². The maximum Gasteiger partial charge on any atom is 0.413 e. The van der Waals surface area contributed by atoms with E-state index in [0.29, 0.717) is 0 Å². The van der Waals surface area contributed by atoms with Gasteiger partial charge in [-0.2, -0.15) is 0 Å². The molecule has 0 aromatic carbocycles. The molecular weight excluding hydrogens is 282 g/mol. The first-order valence-corrected chi connectivity index (χ1v) is 6.63. The van der Waals surface area contributed by atoms with Gasteiger partial charge < -0.3 is 9.47 Å². The van der Waals surface area contributed by atoms with Gasteiger partial charge in [0.05, 0.1) is 7.11 Å². The van der Waals surface area contributed by atoms with Gasteiger partial charge in [-0.3, -0.25) is 10.1 Å². The zero-order valence-electron chi connectivity index (χ0n) is 11.3. The highest BCUT2D eigenvalue weighted by Gasteiger charge is 2.19. The number of nitrogens with one attached hydrogen (secondary N) is 1. The van der Waals surface area contributed by atoms with Crippen LogP contribution in [0.3, 0.4) is 0 Å². The van der Waals surface area contributed by atoms with E-state index in [4.69, 9.17) is 4.74 Å². The van der Waals surface area contributed by atoms with Crippen molar-refractivity contribution in [1.29, 1.82) is 0 Å². The fourth-order valence-electron chi connectivity index (χ4n) is 1.22. The average molecular weight is 297 g/mol. The Morgan fingerprint density at radius 3 is 2.65 bits per heavy atom. The summed E-state index contributed by atoms with van der Waals surface area (Å²) in [6.45, 7) is 3.29. The number of aryl methyl sites for hydroxylation is 1. The second-order valence-corrected chi connectivity index (χ2v) is 4.81. The Morgan fingerprint density at radius 2 is 2.10 bits per heavy atom. The lowest BCUT2D eigenvalue weighted by molar-refractivity contribution is -0.149. The Morgan fingerprint density at radius 1 is 1.40 bits per heavy atom. The first-order chi connectivity index (χ1) is 9.43. The molecule has 1 N–H and O–H groups in total. The van der Waals surface area contributed by atoms with Gasteiger partial charge in [-0.05, 0) is 36.9 Å². The van der Waals surface area contributed by atoms with Crippen LogP contribution in [0.2, 0.25) is 0 Å². The molecule has 0 bridgehead atoms. The van der Waals surface area contributed by atoms with Crippen LogP contribution in [0.15, 0.2) is 17.5 Å². The number of carbonyl (C=O) groups excluding carboxylic acids is 3. The Kier molecular flexibility index (Phi) is 5.92. The Bertz CT molecular complexity index is 535. The van der Waals surface area contributed by atoms with Crippen LogP contribution in [0.1, 0.15) is 17.4 Å². The summed E-state index contributed by atoms with van der Waals surface area (Å²) >= 11 is 1.49. The van der Waals surface area contributed by atoms with Crippen LogP contribution in [0.4, 0.5) is 4.79 Å². The highest BCUT2D eigenvalue weighted by Crippen LogP contribution is 2.17. The fourth-order valence-corrected chi connectivity index (χ4v) is 2.04. The summed E-state index contributed by atoms with van der Waals surface area (Å²) in [5.41, 5.74) is 1.05. The van der Waals surface area contributed by atoms with Crippen molar-refractivity contribution in [2.24, 2.45) is 0 Å². The van der Waals surface area contributed by atoms with E-state index in [1.54, 1.807) is 6.08 Å². The molecule has 0 aliphatic carbocycles. The van der Waals surface area contributed by atoms with Crippen LogP contribution in [0.5, 0.6) is 0 Å². The molecule has 0 aliphatic heterocycles. The summed E-state index contributed by atoms with van der Waals surface area (Å²) in [4.78, 5) is 34.7. The lowest BCUT2D eigenvalue weighted by Gasteiger charge is -2.10. The van der Waals surface area contributed by atoms with Crippen molar-refractivity contribution < 1.29 is 23.9 Å². The van der Waals surface area contributed by atoms with E-state index in [9.17, 15) is 14.4 Å². The van der Waals surface area contributed by atoms with Crippen molar-refractivity contribution >= 4 is 35.4 Å². The SMILES string of the molecule is COC(=O)NC(=O)[C@@H](C)OC(=O)/C=C/c1sccc1C. The van der Waals surface area contributed by atoms with Crippen LogP contribution < -0.4 is 5.32 Å². The van der Waals surface area contributed by atoms with E-state index < -0.39 is 24.1 Å². The first kappa shape index (κ1) is 15.9. The summed E-state index contributed by atoms with van der Waals surface area (Å²) in [5.74, 6) is -1.41. The number of thiophene rings is 1. The van der Waals surface area contributed by atoms with E-state index in [1.165, 1.54) is 24.3 Å². The monoisotopic (exact) mass is 297 g/mol. The summed E-state index contributed by atoms with van der Waals surface area (Å²) in [6, 6.07) is 1.93.